The van der Waals surface area contributed by atoms with Crippen molar-refractivity contribution in [1.29, 1.82) is 0 Å². The fraction of sp³-hybridized carbons (Fsp3) is 0.222. The van der Waals surface area contributed by atoms with E-state index in [1.165, 1.54) is 0 Å². The lowest BCUT2D eigenvalue weighted by molar-refractivity contribution is -0.138. The molecular weight excluding hydrogens is 464 g/mol. The smallest absolute Gasteiger partial charge is 0.351 e. The molecular formula is C18H15BrF4N2O2S. The molecule has 0 aliphatic carbocycles. The Hall–Kier alpha value is -2.07. The summed E-state index contributed by atoms with van der Waals surface area (Å²) in [5.41, 5.74) is -0.770. The molecule has 0 heterocycles. The number of rotatable bonds is 7. The van der Waals surface area contributed by atoms with Crippen LogP contribution in [-0.2, 0) is 22.3 Å². The van der Waals surface area contributed by atoms with Gasteiger partial charge in [0.2, 0.25) is 11.8 Å². The van der Waals surface area contributed by atoms with Crippen molar-refractivity contribution >= 4 is 45.2 Å². The number of carbonyl (C=O) groups excluding carboxylic acids is 2. The molecule has 0 aliphatic heterocycles. The van der Waals surface area contributed by atoms with Gasteiger partial charge < -0.3 is 10.6 Å². The van der Waals surface area contributed by atoms with Gasteiger partial charge in [-0.2, -0.15) is 13.2 Å². The molecule has 0 fully saturated rings. The van der Waals surface area contributed by atoms with Crippen LogP contribution >= 0.6 is 27.7 Å². The number of halogens is 5. The Morgan fingerprint density at radius 1 is 1.04 bits per heavy atom. The second kappa shape index (κ2) is 9.92. The standard InChI is InChI=1S/C18H15BrF4N2O2S/c19-12-2-1-3-14(6-12)25-17(27)10-28-9-16(26)24-8-11-4-5-13(20)7-15(11)18(21,22)23/h1-7H,8-10H2,(H,24,26)(H,25,27). The monoisotopic (exact) mass is 478 g/mol. The Bertz CT molecular complexity index is 862. The summed E-state index contributed by atoms with van der Waals surface area (Å²) in [5, 5.41) is 5.00. The third-order valence-electron chi connectivity index (χ3n) is 3.43. The van der Waals surface area contributed by atoms with Crippen LogP contribution in [0.15, 0.2) is 46.9 Å². The molecule has 0 saturated heterocycles. The highest BCUT2D eigenvalue weighted by molar-refractivity contribution is 9.10. The Balaban J connectivity index is 1.78. The van der Waals surface area contributed by atoms with Crippen LogP contribution in [-0.4, -0.2) is 23.3 Å². The fourth-order valence-electron chi connectivity index (χ4n) is 2.21. The van der Waals surface area contributed by atoms with Gasteiger partial charge in [-0.25, -0.2) is 4.39 Å². The Kier molecular flexibility index (Phi) is 7.88. The van der Waals surface area contributed by atoms with Crippen LogP contribution in [0, 0.1) is 5.82 Å². The molecule has 0 spiro atoms. The summed E-state index contributed by atoms with van der Waals surface area (Å²) < 4.78 is 52.6. The van der Waals surface area contributed by atoms with Crippen molar-refractivity contribution in [2.24, 2.45) is 0 Å². The summed E-state index contributed by atoms with van der Waals surface area (Å²) >= 11 is 4.30. The van der Waals surface area contributed by atoms with E-state index in [9.17, 15) is 27.2 Å². The van der Waals surface area contributed by atoms with Gasteiger partial charge in [-0.3, -0.25) is 9.59 Å². The number of nitrogens with one attached hydrogen (secondary N) is 2. The molecule has 150 valence electrons. The lowest BCUT2D eigenvalue weighted by Crippen LogP contribution is -2.27. The summed E-state index contributed by atoms with van der Waals surface area (Å²) in [4.78, 5) is 23.6. The van der Waals surface area contributed by atoms with Crippen molar-refractivity contribution < 1.29 is 27.2 Å². The second-order valence-corrected chi connectivity index (χ2v) is 7.53. The highest BCUT2D eigenvalue weighted by atomic mass is 79.9. The van der Waals surface area contributed by atoms with Crippen LogP contribution in [0.1, 0.15) is 11.1 Å². The molecule has 0 bridgehead atoms. The molecule has 2 N–H and O–H groups in total. The van der Waals surface area contributed by atoms with Crippen LogP contribution < -0.4 is 10.6 Å². The molecule has 2 amide bonds. The fourth-order valence-corrected chi connectivity index (χ4v) is 3.26. The van der Waals surface area contributed by atoms with E-state index in [0.29, 0.717) is 11.8 Å². The van der Waals surface area contributed by atoms with Crippen LogP contribution in [0.3, 0.4) is 0 Å². The summed E-state index contributed by atoms with van der Waals surface area (Å²) in [7, 11) is 0. The predicted molar refractivity (Wildman–Crippen MR) is 103 cm³/mol. The van der Waals surface area contributed by atoms with E-state index < -0.39 is 30.0 Å². The van der Waals surface area contributed by atoms with Crippen molar-refractivity contribution in [2.75, 3.05) is 16.8 Å². The zero-order valence-corrected chi connectivity index (χ0v) is 16.7. The molecule has 4 nitrogen and oxygen atoms in total. The average Bonchev–Trinajstić information content (AvgIpc) is 2.60. The molecule has 2 aromatic carbocycles. The van der Waals surface area contributed by atoms with Gasteiger partial charge in [0.05, 0.1) is 17.1 Å². The van der Waals surface area contributed by atoms with Gasteiger partial charge in [0, 0.05) is 16.7 Å². The maximum Gasteiger partial charge on any atom is 0.416 e. The first-order valence-electron chi connectivity index (χ1n) is 7.90. The summed E-state index contributed by atoms with van der Waals surface area (Å²) in [6.45, 7) is -0.390. The molecule has 0 aromatic heterocycles. The number of hydrogen-bond acceptors (Lipinski definition) is 3. The minimum Gasteiger partial charge on any atom is -0.351 e. The summed E-state index contributed by atoms with van der Waals surface area (Å²) in [5.74, 6) is -1.94. The minimum absolute atomic E-state index is 0.00425. The molecule has 0 atom stereocenters. The van der Waals surface area contributed by atoms with Gasteiger partial charge in [0.1, 0.15) is 5.82 Å². The molecule has 0 radical (unpaired) electrons. The summed E-state index contributed by atoms with van der Waals surface area (Å²) in [6.07, 6.45) is -4.72. The highest BCUT2D eigenvalue weighted by Gasteiger charge is 2.33. The number of anilines is 1. The number of carbonyl (C=O) groups is 2. The van der Waals surface area contributed by atoms with E-state index in [1.54, 1.807) is 24.3 Å². The first-order valence-corrected chi connectivity index (χ1v) is 9.85. The van der Waals surface area contributed by atoms with Gasteiger partial charge in [-0.05, 0) is 35.9 Å². The normalized spacial score (nSPS) is 11.2. The molecule has 0 saturated carbocycles. The van der Waals surface area contributed by atoms with Crippen molar-refractivity contribution in [3.05, 3.63) is 63.9 Å². The molecule has 0 aliphatic rings. The lowest BCUT2D eigenvalue weighted by atomic mass is 10.1. The Morgan fingerprint density at radius 3 is 2.43 bits per heavy atom. The molecule has 0 unspecified atom stereocenters. The first-order chi connectivity index (χ1) is 13.1. The Labute approximate surface area is 171 Å². The van der Waals surface area contributed by atoms with E-state index in [0.717, 1.165) is 28.4 Å². The quantitative estimate of drug-likeness (QED) is 0.572. The predicted octanol–water partition coefficient (Wildman–Crippen LogP) is 4.60. The topological polar surface area (TPSA) is 58.2 Å². The third-order valence-corrected chi connectivity index (χ3v) is 4.85. The van der Waals surface area contributed by atoms with Gasteiger partial charge in [-0.15, -0.1) is 11.8 Å². The van der Waals surface area contributed by atoms with E-state index >= 15 is 0 Å². The van der Waals surface area contributed by atoms with E-state index in [2.05, 4.69) is 26.6 Å². The number of hydrogen-bond donors (Lipinski definition) is 2. The highest BCUT2D eigenvalue weighted by Crippen LogP contribution is 2.32. The van der Waals surface area contributed by atoms with E-state index in [1.807, 2.05) is 0 Å². The molecule has 28 heavy (non-hydrogen) atoms. The van der Waals surface area contributed by atoms with Gasteiger partial charge in [0.15, 0.2) is 0 Å². The van der Waals surface area contributed by atoms with Crippen molar-refractivity contribution in [3.63, 3.8) is 0 Å². The Morgan fingerprint density at radius 2 is 1.75 bits per heavy atom. The minimum atomic E-state index is -4.72. The lowest BCUT2D eigenvalue weighted by Gasteiger charge is -2.13. The SMILES string of the molecule is O=C(CSCC(=O)Nc1cccc(Br)c1)NCc1ccc(F)cc1C(F)(F)F. The van der Waals surface area contributed by atoms with Crippen molar-refractivity contribution in [1.82, 2.24) is 5.32 Å². The van der Waals surface area contributed by atoms with Crippen molar-refractivity contribution in [2.45, 2.75) is 12.7 Å². The number of benzene rings is 2. The van der Waals surface area contributed by atoms with Gasteiger partial charge >= 0.3 is 6.18 Å². The zero-order chi connectivity index (χ0) is 20.7. The number of thioether (sulfide) groups is 1. The van der Waals surface area contributed by atoms with Crippen LogP contribution in [0.4, 0.5) is 23.2 Å². The van der Waals surface area contributed by atoms with Crippen LogP contribution in [0.2, 0.25) is 0 Å². The number of alkyl halides is 3. The van der Waals surface area contributed by atoms with Gasteiger partial charge in [-0.1, -0.05) is 28.1 Å². The first kappa shape index (κ1) is 22.2. The van der Waals surface area contributed by atoms with Gasteiger partial charge in [0.25, 0.3) is 0 Å². The maximum atomic E-state index is 13.1. The molecule has 10 heteroatoms. The second-order valence-electron chi connectivity index (χ2n) is 5.63. The maximum absolute atomic E-state index is 13.1. The third kappa shape index (κ3) is 7.16. The average molecular weight is 479 g/mol. The van der Waals surface area contributed by atoms with Crippen molar-refractivity contribution in [3.8, 4) is 0 Å². The van der Waals surface area contributed by atoms with Crippen LogP contribution in [0.25, 0.3) is 0 Å². The molecule has 2 aromatic rings. The van der Waals surface area contributed by atoms with E-state index in [-0.39, 0.29) is 23.0 Å². The molecule has 2 rings (SSSR count). The summed E-state index contributed by atoms with van der Waals surface area (Å²) in [6, 6.07) is 9.26. The van der Waals surface area contributed by atoms with E-state index in [4.69, 9.17) is 0 Å². The number of amides is 2. The van der Waals surface area contributed by atoms with Crippen LogP contribution in [0.5, 0.6) is 0 Å². The zero-order valence-electron chi connectivity index (χ0n) is 14.3. The largest absolute Gasteiger partial charge is 0.416 e.